The lowest BCUT2D eigenvalue weighted by atomic mass is 10.3. The second-order valence-electron chi connectivity index (χ2n) is 3.86. The fraction of sp³-hybridized carbons (Fsp3) is 0.533. The van der Waals surface area contributed by atoms with Crippen LogP contribution in [0.25, 0.3) is 0 Å². The number of hydrogen-bond acceptors (Lipinski definition) is 4. The summed E-state index contributed by atoms with van der Waals surface area (Å²) in [5, 5.41) is 0. The molecule has 0 atom stereocenters. The highest BCUT2D eigenvalue weighted by molar-refractivity contribution is 5.81. The minimum absolute atomic E-state index is 0.0256. The molecule has 4 nitrogen and oxygen atoms in total. The molecular weight excluding hydrogens is 244 g/mol. The first-order valence-corrected chi connectivity index (χ1v) is 6.64. The zero-order valence-electron chi connectivity index (χ0n) is 11.8. The van der Waals surface area contributed by atoms with Crippen LogP contribution in [0.2, 0.25) is 0 Å². The number of rotatable bonds is 11. The molecule has 0 saturated carbocycles. The molecule has 0 rings (SSSR count). The SMILES string of the molecule is C=CC(=O)OCC(OC=CCCC)OC=CCCC. The predicted octanol–water partition coefficient (Wildman–Crippen LogP) is 3.70. The van der Waals surface area contributed by atoms with Crippen molar-refractivity contribution >= 4 is 5.97 Å². The van der Waals surface area contributed by atoms with Crippen molar-refractivity contribution in [3.05, 3.63) is 37.3 Å². The van der Waals surface area contributed by atoms with Crippen LogP contribution >= 0.6 is 0 Å². The molecule has 0 amide bonds. The molecule has 0 spiro atoms. The van der Waals surface area contributed by atoms with E-state index in [0.717, 1.165) is 31.8 Å². The third kappa shape index (κ3) is 11.1. The van der Waals surface area contributed by atoms with E-state index in [1.807, 2.05) is 12.2 Å². The largest absolute Gasteiger partial charge is 0.459 e. The fourth-order valence-electron chi connectivity index (χ4n) is 1.08. The lowest BCUT2D eigenvalue weighted by Crippen LogP contribution is -2.21. The van der Waals surface area contributed by atoms with Gasteiger partial charge in [0, 0.05) is 6.08 Å². The van der Waals surface area contributed by atoms with Gasteiger partial charge in [0.25, 0.3) is 6.29 Å². The van der Waals surface area contributed by atoms with Crippen LogP contribution in [0, 0.1) is 0 Å². The van der Waals surface area contributed by atoms with Gasteiger partial charge in [-0.15, -0.1) is 0 Å². The molecule has 0 aliphatic carbocycles. The molecule has 19 heavy (non-hydrogen) atoms. The van der Waals surface area contributed by atoms with Gasteiger partial charge in [-0.3, -0.25) is 0 Å². The lowest BCUT2D eigenvalue weighted by molar-refractivity contribution is -0.152. The topological polar surface area (TPSA) is 44.8 Å². The van der Waals surface area contributed by atoms with Crippen molar-refractivity contribution in [2.45, 2.75) is 45.8 Å². The van der Waals surface area contributed by atoms with Crippen LogP contribution in [-0.4, -0.2) is 18.9 Å². The zero-order valence-corrected chi connectivity index (χ0v) is 11.8. The summed E-state index contributed by atoms with van der Waals surface area (Å²) < 4.78 is 15.6. The van der Waals surface area contributed by atoms with Gasteiger partial charge in [-0.2, -0.15) is 0 Å². The maximum absolute atomic E-state index is 11.0. The highest BCUT2D eigenvalue weighted by atomic mass is 16.7. The third-order valence-electron chi connectivity index (χ3n) is 2.09. The highest BCUT2D eigenvalue weighted by Crippen LogP contribution is 2.01. The molecule has 0 aliphatic heterocycles. The van der Waals surface area contributed by atoms with Crippen molar-refractivity contribution in [1.29, 1.82) is 0 Å². The van der Waals surface area contributed by atoms with Gasteiger partial charge in [-0.1, -0.05) is 33.3 Å². The normalized spacial score (nSPS) is 12.5. The van der Waals surface area contributed by atoms with Gasteiger partial charge in [0.2, 0.25) is 0 Å². The maximum Gasteiger partial charge on any atom is 0.330 e. The second-order valence-corrected chi connectivity index (χ2v) is 3.86. The first kappa shape index (κ1) is 17.3. The molecule has 0 fully saturated rings. The number of esters is 1. The molecule has 0 N–H and O–H groups in total. The average molecular weight is 268 g/mol. The van der Waals surface area contributed by atoms with Crippen LogP contribution in [0.15, 0.2) is 37.3 Å². The number of hydrogen-bond donors (Lipinski definition) is 0. The van der Waals surface area contributed by atoms with Crippen LogP contribution in [0.5, 0.6) is 0 Å². The number of ether oxygens (including phenoxy) is 3. The number of carbonyl (C=O) groups excluding carboxylic acids is 1. The first-order chi connectivity index (χ1) is 9.24. The third-order valence-corrected chi connectivity index (χ3v) is 2.09. The molecule has 108 valence electrons. The Labute approximate surface area is 115 Å². The number of allylic oxidation sites excluding steroid dienone is 2. The van der Waals surface area contributed by atoms with Crippen molar-refractivity contribution in [3.8, 4) is 0 Å². The summed E-state index contributed by atoms with van der Waals surface area (Å²) in [7, 11) is 0. The van der Waals surface area contributed by atoms with Gasteiger partial charge in [0.15, 0.2) is 6.61 Å². The van der Waals surface area contributed by atoms with Gasteiger partial charge in [-0.25, -0.2) is 4.79 Å². The van der Waals surface area contributed by atoms with E-state index in [1.54, 1.807) is 12.5 Å². The van der Waals surface area contributed by atoms with Gasteiger partial charge >= 0.3 is 5.97 Å². The Morgan fingerprint density at radius 3 is 2.05 bits per heavy atom. The van der Waals surface area contributed by atoms with Crippen LogP contribution in [0.4, 0.5) is 0 Å². The summed E-state index contributed by atoms with van der Waals surface area (Å²) in [6, 6.07) is 0. The van der Waals surface area contributed by atoms with E-state index in [4.69, 9.17) is 14.2 Å². The van der Waals surface area contributed by atoms with Crippen molar-refractivity contribution in [2.75, 3.05) is 6.61 Å². The smallest absolute Gasteiger partial charge is 0.330 e. The molecule has 0 aromatic heterocycles. The Kier molecular flexibility index (Phi) is 11.6. The minimum Gasteiger partial charge on any atom is -0.459 e. The highest BCUT2D eigenvalue weighted by Gasteiger charge is 2.09. The van der Waals surface area contributed by atoms with Crippen LogP contribution < -0.4 is 0 Å². The van der Waals surface area contributed by atoms with Gasteiger partial charge in [0.05, 0.1) is 12.5 Å². The van der Waals surface area contributed by atoms with E-state index in [0.29, 0.717) is 0 Å². The quantitative estimate of drug-likeness (QED) is 0.248. The van der Waals surface area contributed by atoms with E-state index in [-0.39, 0.29) is 6.61 Å². The molecule has 0 unspecified atom stereocenters. The standard InChI is InChI=1S/C15H24O4/c1-4-7-9-11-17-15(13-19-14(16)6-3)18-12-10-8-5-2/h6,9-12,15H,3-5,7-8,13H2,1-2H3. The van der Waals surface area contributed by atoms with Crippen molar-refractivity contribution in [1.82, 2.24) is 0 Å². The summed E-state index contributed by atoms with van der Waals surface area (Å²) in [6.45, 7) is 7.52. The predicted molar refractivity (Wildman–Crippen MR) is 75.2 cm³/mol. The Hall–Kier alpha value is -1.71. The van der Waals surface area contributed by atoms with E-state index < -0.39 is 12.3 Å². The molecule has 0 aliphatic rings. The van der Waals surface area contributed by atoms with Crippen molar-refractivity contribution in [3.63, 3.8) is 0 Å². The van der Waals surface area contributed by atoms with E-state index in [2.05, 4.69) is 20.4 Å². The fourth-order valence-corrected chi connectivity index (χ4v) is 1.08. The summed E-state index contributed by atoms with van der Waals surface area (Å²) in [5.74, 6) is -0.493. The summed E-state index contributed by atoms with van der Waals surface area (Å²) >= 11 is 0. The van der Waals surface area contributed by atoms with E-state index in [9.17, 15) is 4.79 Å². The number of unbranched alkanes of at least 4 members (excludes halogenated alkanes) is 2. The Bertz CT molecular complexity index is 277. The monoisotopic (exact) mass is 268 g/mol. The van der Waals surface area contributed by atoms with Crippen LogP contribution in [0.1, 0.15) is 39.5 Å². The van der Waals surface area contributed by atoms with Gasteiger partial charge < -0.3 is 14.2 Å². The van der Waals surface area contributed by atoms with E-state index in [1.165, 1.54) is 0 Å². The molecule has 0 bridgehead atoms. The Morgan fingerprint density at radius 1 is 1.11 bits per heavy atom. The summed E-state index contributed by atoms with van der Waals surface area (Å²) in [5.41, 5.74) is 0. The van der Waals surface area contributed by atoms with Gasteiger partial charge in [-0.05, 0) is 25.0 Å². The zero-order chi connectivity index (χ0) is 14.3. The van der Waals surface area contributed by atoms with Crippen molar-refractivity contribution in [2.24, 2.45) is 0 Å². The molecule has 0 heterocycles. The van der Waals surface area contributed by atoms with Gasteiger partial charge in [0.1, 0.15) is 0 Å². The Balaban J connectivity index is 4.12. The van der Waals surface area contributed by atoms with Crippen LogP contribution in [-0.2, 0) is 19.0 Å². The summed E-state index contributed by atoms with van der Waals surface area (Å²) in [6.07, 6.45) is 11.4. The van der Waals surface area contributed by atoms with Crippen LogP contribution in [0.3, 0.4) is 0 Å². The molecule has 4 heteroatoms. The minimum atomic E-state index is -0.634. The molecule has 0 saturated heterocycles. The first-order valence-electron chi connectivity index (χ1n) is 6.64. The molecule has 0 aromatic rings. The molecule has 0 aromatic carbocycles. The lowest BCUT2D eigenvalue weighted by Gasteiger charge is -2.15. The van der Waals surface area contributed by atoms with Crippen molar-refractivity contribution < 1.29 is 19.0 Å². The summed E-state index contributed by atoms with van der Waals surface area (Å²) in [4.78, 5) is 11.0. The Morgan fingerprint density at radius 2 is 1.63 bits per heavy atom. The maximum atomic E-state index is 11.0. The van der Waals surface area contributed by atoms with E-state index >= 15 is 0 Å². The average Bonchev–Trinajstić information content (AvgIpc) is 2.44. The molecule has 0 radical (unpaired) electrons. The molecular formula is C15H24O4. The number of carbonyl (C=O) groups is 1. The second kappa shape index (κ2) is 12.7.